The van der Waals surface area contributed by atoms with Crippen LogP contribution in [-0.4, -0.2) is 31.2 Å². The summed E-state index contributed by atoms with van der Waals surface area (Å²) in [6.45, 7) is 4.82. The molecule has 1 aliphatic rings. The lowest BCUT2D eigenvalue weighted by molar-refractivity contribution is -0.135. The molecule has 0 spiro atoms. The maximum atomic E-state index is 12.0. The molecule has 1 atom stereocenters. The number of nitrogens with one attached hydrogen (secondary N) is 1. The van der Waals surface area contributed by atoms with E-state index >= 15 is 0 Å². The van der Waals surface area contributed by atoms with Crippen molar-refractivity contribution in [1.82, 2.24) is 5.32 Å². The largest absolute Gasteiger partial charge is 0.378 e. The average molecular weight is 242 g/mol. The van der Waals surface area contributed by atoms with Gasteiger partial charge in [-0.2, -0.15) is 0 Å². The predicted molar refractivity (Wildman–Crippen MR) is 68.6 cm³/mol. The second-order valence-corrected chi connectivity index (χ2v) is 5.41. The minimum atomic E-state index is -0.186. The van der Waals surface area contributed by atoms with Crippen LogP contribution in [0.2, 0.25) is 0 Å². The Labute approximate surface area is 104 Å². The third kappa shape index (κ3) is 3.96. The van der Waals surface area contributed by atoms with Crippen molar-refractivity contribution in [3.63, 3.8) is 0 Å². The zero-order chi connectivity index (χ0) is 12.9. The number of amides is 1. The van der Waals surface area contributed by atoms with Gasteiger partial charge in [0.1, 0.15) is 0 Å². The van der Waals surface area contributed by atoms with Gasteiger partial charge in [-0.15, -0.1) is 0 Å². The van der Waals surface area contributed by atoms with Crippen LogP contribution >= 0.6 is 0 Å². The summed E-state index contributed by atoms with van der Waals surface area (Å²) in [6, 6.07) is 0.182. The summed E-state index contributed by atoms with van der Waals surface area (Å²) in [6.07, 6.45) is 4.48. The van der Waals surface area contributed by atoms with E-state index in [4.69, 9.17) is 10.5 Å². The van der Waals surface area contributed by atoms with Crippen LogP contribution in [0.3, 0.4) is 0 Å². The van der Waals surface area contributed by atoms with Gasteiger partial charge in [0, 0.05) is 13.2 Å². The molecular weight excluding hydrogens is 216 g/mol. The Balaban J connectivity index is 2.41. The molecule has 100 valence electrons. The quantitative estimate of drug-likeness (QED) is 0.710. The molecule has 0 bridgehead atoms. The molecule has 4 heteroatoms. The summed E-state index contributed by atoms with van der Waals surface area (Å²) in [4.78, 5) is 12.0. The second-order valence-electron chi connectivity index (χ2n) is 5.41. The molecule has 0 aromatic heterocycles. The van der Waals surface area contributed by atoms with Crippen LogP contribution in [0.4, 0.5) is 0 Å². The van der Waals surface area contributed by atoms with Gasteiger partial charge in [-0.3, -0.25) is 4.79 Å². The summed E-state index contributed by atoms with van der Waals surface area (Å²) < 4.78 is 5.46. The maximum Gasteiger partial charge on any atom is 0.223 e. The highest BCUT2D eigenvalue weighted by atomic mass is 16.5. The first-order valence-electron chi connectivity index (χ1n) is 6.57. The molecule has 3 N–H and O–H groups in total. The number of carbonyl (C=O) groups is 1. The van der Waals surface area contributed by atoms with Crippen molar-refractivity contribution < 1.29 is 9.53 Å². The fraction of sp³-hybridized carbons (Fsp3) is 0.923. The van der Waals surface area contributed by atoms with Crippen molar-refractivity contribution in [2.24, 2.45) is 11.7 Å². The van der Waals surface area contributed by atoms with E-state index in [1.165, 1.54) is 0 Å². The van der Waals surface area contributed by atoms with E-state index in [0.717, 1.165) is 25.7 Å². The number of carbonyl (C=O) groups excluding carboxylic acids is 1. The van der Waals surface area contributed by atoms with Crippen molar-refractivity contribution in [2.45, 2.75) is 57.6 Å². The van der Waals surface area contributed by atoms with Crippen LogP contribution in [-0.2, 0) is 9.53 Å². The third-order valence-corrected chi connectivity index (χ3v) is 3.81. The van der Waals surface area contributed by atoms with E-state index in [2.05, 4.69) is 19.2 Å². The van der Waals surface area contributed by atoms with Gasteiger partial charge >= 0.3 is 0 Å². The first-order chi connectivity index (χ1) is 8.03. The van der Waals surface area contributed by atoms with Crippen LogP contribution in [0, 0.1) is 5.92 Å². The number of hydrogen-bond acceptors (Lipinski definition) is 3. The smallest absolute Gasteiger partial charge is 0.223 e. The van der Waals surface area contributed by atoms with Gasteiger partial charge in [0.05, 0.1) is 12.0 Å². The lowest BCUT2D eigenvalue weighted by Crippen LogP contribution is -2.47. The van der Waals surface area contributed by atoms with Crippen LogP contribution in [0.15, 0.2) is 0 Å². The third-order valence-electron chi connectivity index (χ3n) is 3.81. The van der Waals surface area contributed by atoms with Gasteiger partial charge in [-0.1, -0.05) is 13.8 Å². The van der Waals surface area contributed by atoms with Gasteiger partial charge < -0.3 is 15.8 Å². The molecule has 0 radical (unpaired) electrons. The van der Waals surface area contributed by atoms with Crippen molar-refractivity contribution >= 4 is 5.91 Å². The molecule has 1 unspecified atom stereocenters. The van der Waals surface area contributed by atoms with Gasteiger partial charge in [0.2, 0.25) is 5.91 Å². The molecule has 1 rings (SSSR count). The molecule has 1 aliphatic carbocycles. The Morgan fingerprint density at radius 2 is 2.12 bits per heavy atom. The second kappa shape index (κ2) is 6.36. The zero-order valence-electron chi connectivity index (χ0n) is 11.3. The molecule has 0 saturated heterocycles. The summed E-state index contributed by atoms with van der Waals surface area (Å²) >= 11 is 0. The topological polar surface area (TPSA) is 64.3 Å². The molecule has 1 amide bonds. The van der Waals surface area contributed by atoms with Gasteiger partial charge in [0.15, 0.2) is 0 Å². The number of hydrogen-bond donors (Lipinski definition) is 2. The number of ether oxygens (including phenoxy) is 1. The minimum Gasteiger partial charge on any atom is -0.378 e. The van der Waals surface area contributed by atoms with Crippen molar-refractivity contribution in [1.29, 1.82) is 0 Å². The van der Waals surface area contributed by atoms with E-state index in [0.29, 0.717) is 18.9 Å². The SMILES string of the molecule is COC1(CC(=O)NC(CCN)C(C)C)CCC1. The standard InChI is InChI=1S/C13H26N2O2/c1-10(2)11(5-8-14)15-12(16)9-13(17-3)6-4-7-13/h10-11H,4-9,14H2,1-3H3,(H,15,16). The molecule has 4 nitrogen and oxygen atoms in total. The van der Waals surface area contributed by atoms with Crippen LogP contribution in [0.25, 0.3) is 0 Å². The lowest BCUT2D eigenvalue weighted by atomic mass is 9.77. The lowest BCUT2D eigenvalue weighted by Gasteiger charge is -2.40. The summed E-state index contributed by atoms with van der Waals surface area (Å²) in [5.74, 6) is 0.515. The normalized spacial score (nSPS) is 19.8. The molecule has 1 fully saturated rings. The molecule has 0 aliphatic heterocycles. The summed E-state index contributed by atoms with van der Waals surface area (Å²) in [5.41, 5.74) is 5.37. The van der Waals surface area contributed by atoms with Gasteiger partial charge in [-0.25, -0.2) is 0 Å². The average Bonchev–Trinajstić information content (AvgIpc) is 2.22. The molecule has 1 saturated carbocycles. The number of nitrogens with two attached hydrogens (primary N) is 1. The summed E-state index contributed by atoms with van der Waals surface area (Å²) in [7, 11) is 1.70. The van der Waals surface area contributed by atoms with E-state index < -0.39 is 0 Å². The fourth-order valence-corrected chi connectivity index (χ4v) is 2.33. The first-order valence-corrected chi connectivity index (χ1v) is 6.57. The highest BCUT2D eigenvalue weighted by Gasteiger charge is 2.39. The van der Waals surface area contributed by atoms with Crippen molar-refractivity contribution in [2.75, 3.05) is 13.7 Å². The Hall–Kier alpha value is -0.610. The van der Waals surface area contributed by atoms with Crippen molar-refractivity contribution in [3.8, 4) is 0 Å². The molecule has 0 aromatic rings. The zero-order valence-corrected chi connectivity index (χ0v) is 11.3. The minimum absolute atomic E-state index is 0.0960. The van der Waals surface area contributed by atoms with E-state index in [9.17, 15) is 4.79 Å². The van der Waals surface area contributed by atoms with Gasteiger partial charge in [-0.05, 0) is 38.1 Å². The Morgan fingerprint density at radius 1 is 1.47 bits per heavy atom. The predicted octanol–water partition coefficient (Wildman–Crippen LogP) is 1.44. The molecule has 0 heterocycles. The molecule has 17 heavy (non-hydrogen) atoms. The van der Waals surface area contributed by atoms with E-state index in [1.54, 1.807) is 7.11 Å². The monoisotopic (exact) mass is 242 g/mol. The van der Waals surface area contributed by atoms with Crippen LogP contribution in [0.1, 0.15) is 46.0 Å². The van der Waals surface area contributed by atoms with E-state index in [1.807, 2.05) is 0 Å². The van der Waals surface area contributed by atoms with E-state index in [-0.39, 0.29) is 17.6 Å². The van der Waals surface area contributed by atoms with Crippen LogP contribution < -0.4 is 11.1 Å². The maximum absolute atomic E-state index is 12.0. The Morgan fingerprint density at radius 3 is 2.47 bits per heavy atom. The molecular formula is C13H26N2O2. The Bertz CT molecular complexity index is 244. The number of methoxy groups -OCH3 is 1. The summed E-state index contributed by atoms with van der Waals surface area (Å²) in [5, 5.41) is 3.08. The first kappa shape index (κ1) is 14.5. The highest BCUT2D eigenvalue weighted by molar-refractivity contribution is 5.77. The Kier molecular flexibility index (Phi) is 5.40. The number of rotatable bonds is 7. The highest BCUT2D eigenvalue weighted by Crippen LogP contribution is 2.37. The van der Waals surface area contributed by atoms with Crippen LogP contribution in [0.5, 0.6) is 0 Å². The van der Waals surface area contributed by atoms with Crippen molar-refractivity contribution in [3.05, 3.63) is 0 Å². The fourth-order valence-electron chi connectivity index (χ4n) is 2.33. The molecule has 0 aromatic carbocycles. The van der Waals surface area contributed by atoms with Gasteiger partial charge in [0.25, 0.3) is 0 Å².